The summed E-state index contributed by atoms with van der Waals surface area (Å²) in [6.07, 6.45) is 3.79. The zero-order chi connectivity index (χ0) is 13.9. The molecule has 0 unspecified atom stereocenters. The van der Waals surface area contributed by atoms with Crippen LogP contribution >= 0.6 is 23.1 Å². The first kappa shape index (κ1) is 13.8. The van der Waals surface area contributed by atoms with E-state index in [-0.39, 0.29) is 10.6 Å². The molecule has 3 rings (SSSR count). The summed E-state index contributed by atoms with van der Waals surface area (Å²) in [6, 6.07) is 5.44. The van der Waals surface area contributed by atoms with Gasteiger partial charge in [0.15, 0.2) is 4.34 Å². The van der Waals surface area contributed by atoms with E-state index in [4.69, 9.17) is 0 Å². The van der Waals surface area contributed by atoms with Crippen LogP contribution in [-0.2, 0) is 0 Å². The minimum Gasteiger partial charge on any atom is -0.313 e. The number of hydrogen-bond donors (Lipinski definition) is 1. The lowest BCUT2D eigenvalue weighted by Gasteiger charge is -2.22. The molecule has 0 spiro atoms. The summed E-state index contributed by atoms with van der Waals surface area (Å²) in [7, 11) is 0. The molecule has 1 aromatic heterocycles. The summed E-state index contributed by atoms with van der Waals surface area (Å²) in [5.41, 5.74) is 0.830. The summed E-state index contributed by atoms with van der Waals surface area (Å²) < 4.78 is 2.00. The van der Waals surface area contributed by atoms with Crippen LogP contribution in [0.3, 0.4) is 0 Å². The van der Waals surface area contributed by atoms with E-state index >= 15 is 0 Å². The van der Waals surface area contributed by atoms with Crippen molar-refractivity contribution in [3.63, 3.8) is 0 Å². The maximum absolute atomic E-state index is 10.8. The average Bonchev–Trinajstić information content (AvgIpc) is 2.88. The molecule has 20 heavy (non-hydrogen) atoms. The normalized spacial score (nSPS) is 19.3. The molecule has 1 atom stereocenters. The number of nitrogens with one attached hydrogen (secondary N) is 1. The molecular weight excluding hydrogens is 294 g/mol. The highest BCUT2D eigenvalue weighted by Crippen LogP contribution is 2.32. The Labute approximate surface area is 124 Å². The number of thiazole rings is 1. The van der Waals surface area contributed by atoms with Gasteiger partial charge >= 0.3 is 0 Å². The van der Waals surface area contributed by atoms with E-state index < -0.39 is 0 Å². The minimum atomic E-state index is -0.377. The van der Waals surface area contributed by atoms with Gasteiger partial charge in [0.1, 0.15) is 0 Å². The van der Waals surface area contributed by atoms with Crippen LogP contribution < -0.4 is 5.32 Å². The number of non-ortho nitro benzene ring substituents is 1. The number of thioether (sulfide) groups is 1. The number of fused-ring (bicyclic) bond motifs is 1. The Bertz CT molecular complexity index is 623. The third-order valence-electron chi connectivity index (χ3n) is 3.38. The molecular formula is C13H15N3O2S2. The fourth-order valence-electron chi connectivity index (χ4n) is 2.31. The zero-order valence-electron chi connectivity index (χ0n) is 10.9. The second kappa shape index (κ2) is 6.07. The Morgan fingerprint density at radius 3 is 3.15 bits per heavy atom. The molecule has 7 heteroatoms. The van der Waals surface area contributed by atoms with Crippen LogP contribution in [-0.4, -0.2) is 28.2 Å². The number of rotatable bonds is 4. The maximum atomic E-state index is 10.8. The van der Waals surface area contributed by atoms with Crippen molar-refractivity contribution in [2.24, 2.45) is 0 Å². The highest BCUT2D eigenvalue weighted by Gasteiger charge is 2.15. The van der Waals surface area contributed by atoms with E-state index in [1.807, 2.05) is 0 Å². The third-order valence-corrected chi connectivity index (χ3v) is 5.72. The molecule has 1 aliphatic rings. The van der Waals surface area contributed by atoms with E-state index in [9.17, 15) is 10.1 Å². The summed E-state index contributed by atoms with van der Waals surface area (Å²) in [5, 5.41) is 14.3. The molecule has 0 amide bonds. The molecule has 2 heterocycles. The number of nitrogens with zero attached hydrogens (tertiary/aromatic N) is 2. The van der Waals surface area contributed by atoms with Gasteiger partial charge in [-0.05, 0) is 25.5 Å². The van der Waals surface area contributed by atoms with Gasteiger partial charge in [0.25, 0.3) is 5.69 Å². The molecule has 1 N–H and O–H groups in total. The van der Waals surface area contributed by atoms with Gasteiger partial charge in [0.2, 0.25) is 0 Å². The van der Waals surface area contributed by atoms with Crippen LogP contribution in [0.15, 0.2) is 22.5 Å². The van der Waals surface area contributed by atoms with Gasteiger partial charge in [-0.15, -0.1) is 11.3 Å². The van der Waals surface area contributed by atoms with Gasteiger partial charge in [-0.3, -0.25) is 10.1 Å². The van der Waals surface area contributed by atoms with Crippen molar-refractivity contribution >= 4 is 39.0 Å². The molecule has 2 aromatic rings. The van der Waals surface area contributed by atoms with E-state index in [1.54, 1.807) is 35.2 Å². The van der Waals surface area contributed by atoms with Crippen molar-refractivity contribution in [2.75, 3.05) is 12.3 Å². The largest absolute Gasteiger partial charge is 0.313 e. The first-order valence-electron chi connectivity index (χ1n) is 6.63. The van der Waals surface area contributed by atoms with E-state index in [0.717, 1.165) is 26.9 Å². The Hall–Kier alpha value is -1.18. The molecule has 1 saturated heterocycles. The maximum Gasteiger partial charge on any atom is 0.271 e. The van der Waals surface area contributed by atoms with Gasteiger partial charge in [0.05, 0.1) is 15.1 Å². The molecule has 5 nitrogen and oxygen atoms in total. The molecule has 106 valence electrons. The van der Waals surface area contributed by atoms with E-state index in [1.165, 1.54) is 25.3 Å². The topological polar surface area (TPSA) is 68.1 Å². The van der Waals surface area contributed by atoms with Crippen LogP contribution in [0.4, 0.5) is 5.69 Å². The summed E-state index contributed by atoms with van der Waals surface area (Å²) >= 11 is 3.35. The second-order valence-corrected chi connectivity index (χ2v) is 7.14. The molecule has 1 aliphatic heterocycles. The first-order valence-corrected chi connectivity index (χ1v) is 8.44. The SMILES string of the molecule is O=[N+]([O-])c1ccc2sc(SC[C@H]3CCCCN3)nc2c1. The smallest absolute Gasteiger partial charge is 0.271 e. The number of nitro benzene ring substituents is 1. The Morgan fingerprint density at radius 2 is 2.40 bits per heavy atom. The quantitative estimate of drug-likeness (QED) is 0.532. The van der Waals surface area contributed by atoms with Crippen molar-refractivity contribution in [2.45, 2.75) is 29.6 Å². The zero-order valence-corrected chi connectivity index (χ0v) is 12.5. The molecule has 1 fully saturated rings. The van der Waals surface area contributed by atoms with Crippen molar-refractivity contribution in [1.29, 1.82) is 0 Å². The lowest BCUT2D eigenvalue weighted by Crippen LogP contribution is -2.35. The highest BCUT2D eigenvalue weighted by molar-refractivity contribution is 8.01. The van der Waals surface area contributed by atoms with Crippen LogP contribution in [0, 0.1) is 10.1 Å². The summed E-state index contributed by atoms with van der Waals surface area (Å²) in [5.74, 6) is 1.02. The molecule has 1 aromatic carbocycles. The molecule has 0 saturated carbocycles. The van der Waals surface area contributed by atoms with Gasteiger partial charge in [0, 0.05) is 23.9 Å². The predicted octanol–water partition coefficient (Wildman–Crippen LogP) is 3.44. The van der Waals surface area contributed by atoms with Gasteiger partial charge in [-0.1, -0.05) is 18.2 Å². The monoisotopic (exact) mass is 309 g/mol. The first-order chi connectivity index (χ1) is 9.72. The fourth-order valence-corrected chi connectivity index (χ4v) is 4.49. The van der Waals surface area contributed by atoms with Gasteiger partial charge in [-0.25, -0.2) is 4.98 Å². The van der Waals surface area contributed by atoms with Crippen molar-refractivity contribution in [1.82, 2.24) is 10.3 Å². The Kier molecular flexibility index (Phi) is 4.18. The Balaban J connectivity index is 1.70. The van der Waals surface area contributed by atoms with Crippen LogP contribution in [0.25, 0.3) is 10.2 Å². The van der Waals surface area contributed by atoms with E-state index in [0.29, 0.717) is 6.04 Å². The fraction of sp³-hybridized carbons (Fsp3) is 0.462. The number of hydrogen-bond acceptors (Lipinski definition) is 6. The van der Waals surface area contributed by atoms with Gasteiger partial charge < -0.3 is 5.32 Å². The standard InChI is InChI=1S/C13H15N3O2S2/c17-16(18)10-4-5-12-11(7-10)15-13(20-12)19-8-9-3-1-2-6-14-9/h4-5,7,9,14H,1-3,6,8H2/t9-/m1/s1. The number of benzene rings is 1. The van der Waals surface area contributed by atoms with Gasteiger partial charge in [-0.2, -0.15) is 0 Å². The van der Waals surface area contributed by atoms with Crippen LogP contribution in [0.2, 0.25) is 0 Å². The van der Waals surface area contributed by atoms with Crippen LogP contribution in [0.5, 0.6) is 0 Å². The summed E-state index contributed by atoms with van der Waals surface area (Å²) in [6.45, 7) is 1.11. The average molecular weight is 309 g/mol. The second-order valence-electron chi connectivity index (χ2n) is 4.85. The third kappa shape index (κ3) is 3.11. The molecule has 0 aliphatic carbocycles. The summed E-state index contributed by atoms with van der Waals surface area (Å²) in [4.78, 5) is 14.9. The highest BCUT2D eigenvalue weighted by atomic mass is 32.2. The Morgan fingerprint density at radius 1 is 1.50 bits per heavy atom. The number of aromatic nitrogens is 1. The van der Waals surface area contributed by atoms with Crippen molar-refractivity contribution in [3.8, 4) is 0 Å². The lowest BCUT2D eigenvalue weighted by molar-refractivity contribution is -0.384. The van der Waals surface area contributed by atoms with Crippen molar-refractivity contribution in [3.05, 3.63) is 28.3 Å². The predicted molar refractivity (Wildman–Crippen MR) is 82.6 cm³/mol. The molecule has 0 radical (unpaired) electrons. The number of piperidine rings is 1. The van der Waals surface area contributed by atoms with Crippen molar-refractivity contribution < 1.29 is 4.92 Å². The van der Waals surface area contributed by atoms with E-state index in [2.05, 4.69) is 10.3 Å². The minimum absolute atomic E-state index is 0.105. The number of nitro groups is 1. The lowest BCUT2D eigenvalue weighted by atomic mass is 10.1. The molecule has 0 bridgehead atoms. The van der Waals surface area contributed by atoms with Crippen LogP contribution in [0.1, 0.15) is 19.3 Å².